The second-order valence-corrected chi connectivity index (χ2v) is 2.98. The molecule has 0 unspecified atom stereocenters. The monoisotopic (exact) mass is 167 g/mol. The van der Waals surface area contributed by atoms with E-state index in [0.29, 0.717) is 6.54 Å². The summed E-state index contributed by atoms with van der Waals surface area (Å²) in [6.07, 6.45) is 10.2. The highest BCUT2D eigenvalue weighted by Gasteiger charge is 1.95. The van der Waals surface area contributed by atoms with E-state index >= 15 is 0 Å². The van der Waals surface area contributed by atoms with Gasteiger partial charge < -0.3 is 10.4 Å². The van der Waals surface area contributed by atoms with Crippen LogP contribution in [0.1, 0.15) is 19.3 Å². The SMILES string of the molecule is OCCNCCC1=CCCC=C1. The minimum Gasteiger partial charge on any atom is -0.395 e. The molecule has 2 nitrogen and oxygen atoms in total. The van der Waals surface area contributed by atoms with Gasteiger partial charge in [0.25, 0.3) is 0 Å². The molecule has 0 aromatic rings. The fraction of sp³-hybridized carbons (Fsp3) is 0.600. The standard InChI is InChI=1S/C10H17NO/c12-9-8-11-7-6-10-4-2-1-3-5-10/h2,4-5,11-12H,1,3,6-9H2. The Hall–Kier alpha value is -0.600. The lowest BCUT2D eigenvalue weighted by atomic mass is 10.0. The van der Waals surface area contributed by atoms with Crippen molar-refractivity contribution in [2.45, 2.75) is 19.3 Å². The van der Waals surface area contributed by atoms with E-state index in [1.54, 1.807) is 0 Å². The smallest absolute Gasteiger partial charge is 0.0555 e. The summed E-state index contributed by atoms with van der Waals surface area (Å²) in [7, 11) is 0. The lowest BCUT2D eigenvalue weighted by Crippen LogP contribution is -2.19. The Morgan fingerprint density at radius 1 is 1.33 bits per heavy atom. The molecule has 1 aliphatic rings. The molecule has 0 aromatic heterocycles. The van der Waals surface area contributed by atoms with E-state index in [0.717, 1.165) is 13.0 Å². The summed E-state index contributed by atoms with van der Waals surface area (Å²) in [5.74, 6) is 0. The maximum Gasteiger partial charge on any atom is 0.0555 e. The molecule has 0 amide bonds. The average Bonchev–Trinajstić information content (AvgIpc) is 2.14. The Kier molecular flexibility index (Phi) is 4.73. The summed E-state index contributed by atoms with van der Waals surface area (Å²) in [5.41, 5.74) is 1.42. The first kappa shape index (κ1) is 9.49. The van der Waals surface area contributed by atoms with E-state index in [9.17, 15) is 0 Å². The number of nitrogens with one attached hydrogen (secondary N) is 1. The summed E-state index contributed by atoms with van der Waals surface area (Å²) in [6, 6.07) is 0. The molecule has 0 saturated heterocycles. The Bertz CT molecular complexity index is 173. The second kappa shape index (κ2) is 5.98. The van der Waals surface area contributed by atoms with Gasteiger partial charge in [-0.3, -0.25) is 0 Å². The van der Waals surface area contributed by atoms with Gasteiger partial charge in [0.15, 0.2) is 0 Å². The van der Waals surface area contributed by atoms with Crippen LogP contribution in [0.3, 0.4) is 0 Å². The first-order chi connectivity index (χ1) is 5.93. The quantitative estimate of drug-likeness (QED) is 0.604. The lowest BCUT2D eigenvalue weighted by Gasteiger charge is -2.06. The fourth-order valence-corrected chi connectivity index (χ4v) is 1.29. The fourth-order valence-electron chi connectivity index (χ4n) is 1.29. The zero-order chi connectivity index (χ0) is 8.65. The lowest BCUT2D eigenvalue weighted by molar-refractivity contribution is 0.293. The summed E-state index contributed by atoms with van der Waals surface area (Å²) in [6.45, 7) is 1.91. The van der Waals surface area contributed by atoms with Gasteiger partial charge in [-0.2, -0.15) is 0 Å². The third-order valence-electron chi connectivity index (χ3n) is 1.95. The van der Waals surface area contributed by atoms with E-state index in [2.05, 4.69) is 23.5 Å². The Balaban J connectivity index is 2.06. The minimum absolute atomic E-state index is 0.231. The van der Waals surface area contributed by atoms with E-state index in [-0.39, 0.29) is 6.61 Å². The van der Waals surface area contributed by atoms with Crippen molar-refractivity contribution in [1.82, 2.24) is 5.32 Å². The molecule has 0 aliphatic heterocycles. The normalized spacial score (nSPS) is 16.2. The Morgan fingerprint density at radius 3 is 2.92 bits per heavy atom. The predicted octanol–water partition coefficient (Wildman–Crippen LogP) is 1.23. The van der Waals surface area contributed by atoms with Crippen LogP contribution in [0.2, 0.25) is 0 Å². The molecule has 0 bridgehead atoms. The molecular formula is C10H17NO. The molecule has 0 aromatic carbocycles. The minimum atomic E-state index is 0.231. The molecule has 0 heterocycles. The van der Waals surface area contributed by atoms with Gasteiger partial charge in [-0.25, -0.2) is 0 Å². The van der Waals surface area contributed by atoms with E-state index in [1.807, 2.05) is 0 Å². The van der Waals surface area contributed by atoms with Crippen molar-refractivity contribution < 1.29 is 5.11 Å². The van der Waals surface area contributed by atoms with Crippen molar-refractivity contribution in [2.24, 2.45) is 0 Å². The second-order valence-electron chi connectivity index (χ2n) is 2.98. The number of hydrogen-bond donors (Lipinski definition) is 2. The van der Waals surface area contributed by atoms with Crippen LogP contribution in [-0.4, -0.2) is 24.8 Å². The van der Waals surface area contributed by atoms with Crippen LogP contribution in [0.4, 0.5) is 0 Å². The van der Waals surface area contributed by atoms with Crippen LogP contribution in [0.25, 0.3) is 0 Å². The largest absolute Gasteiger partial charge is 0.395 e. The number of aliphatic hydroxyl groups is 1. The van der Waals surface area contributed by atoms with Crippen LogP contribution in [0.5, 0.6) is 0 Å². The molecule has 1 aliphatic carbocycles. The van der Waals surface area contributed by atoms with Gasteiger partial charge in [-0.05, 0) is 25.8 Å². The van der Waals surface area contributed by atoms with E-state index in [4.69, 9.17) is 5.11 Å². The number of allylic oxidation sites excluding steroid dienone is 3. The molecule has 2 heteroatoms. The van der Waals surface area contributed by atoms with Crippen molar-refractivity contribution in [2.75, 3.05) is 19.7 Å². The highest BCUT2D eigenvalue weighted by molar-refractivity contribution is 5.22. The number of rotatable bonds is 5. The molecule has 0 atom stereocenters. The molecule has 1 rings (SSSR count). The number of aliphatic hydroxyl groups excluding tert-OH is 1. The third kappa shape index (κ3) is 3.69. The van der Waals surface area contributed by atoms with E-state index in [1.165, 1.54) is 18.4 Å². The third-order valence-corrected chi connectivity index (χ3v) is 1.95. The first-order valence-electron chi connectivity index (χ1n) is 4.60. The molecule has 0 spiro atoms. The average molecular weight is 167 g/mol. The maximum atomic E-state index is 8.51. The number of hydrogen-bond acceptors (Lipinski definition) is 2. The first-order valence-corrected chi connectivity index (χ1v) is 4.60. The van der Waals surface area contributed by atoms with Crippen LogP contribution in [0, 0.1) is 0 Å². The summed E-state index contributed by atoms with van der Waals surface area (Å²) in [4.78, 5) is 0. The van der Waals surface area contributed by atoms with Gasteiger partial charge in [0, 0.05) is 6.54 Å². The van der Waals surface area contributed by atoms with Crippen LogP contribution in [-0.2, 0) is 0 Å². The summed E-state index contributed by atoms with van der Waals surface area (Å²) >= 11 is 0. The van der Waals surface area contributed by atoms with Gasteiger partial charge in [0.05, 0.1) is 6.61 Å². The Morgan fingerprint density at radius 2 is 2.25 bits per heavy atom. The van der Waals surface area contributed by atoms with Crippen molar-refractivity contribution in [3.63, 3.8) is 0 Å². The highest BCUT2D eigenvalue weighted by atomic mass is 16.3. The van der Waals surface area contributed by atoms with Crippen LogP contribution in [0.15, 0.2) is 23.8 Å². The van der Waals surface area contributed by atoms with Gasteiger partial charge >= 0.3 is 0 Å². The highest BCUT2D eigenvalue weighted by Crippen LogP contribution is 2.11. The van der Waals surface area contributed by atoms with Gasteiger partial charge in [0.1, 0.15) is 0 Å². The van der Waals surface area contributed by atoms with Gasteiger partial charge in [0.2, 0.25) is 0 Å². The zero-order valence-corrected chi connectivity index (χ0v) is 7.42. The van der Waals surface area contributed by atoms with Crippen molar-refractivity contribution >= 4 is 0 Å². The molecule has 0 fully saturated rings. The van der Waals surface area contributed by atoms with Crippen molar-refractivity contribution in [1.29, 1.82) is 0 Å². The molecule has 2 N–H and O–H groups in total. The van der Waals surface area contributed by atoms with E-state index < -0.39 is 0 Å². The maximum absolute atomic E-state index is 8.51. The molecule has 12 heavy (non-hydrogen) atoms. The Labute approximate surface area is 74.0 Å². The topological polar surface area (TPSA) is 32.3 Å². The predicted molar refractivity (Wildman–Crippen MR) is 51.0 cm³/mol. The summed E-state index contributed by atoms with van der Waals surface area (Å²) < 4.78 is 0. The van der Waals surface area contributed by atoms with Crippen molar-refractivity contribution in [3.8, 4) is 0 Å². The van der Waals surface area contributed by atoms with Crippen LogP contribution < -0.4 is 5.32 Å². The van der Waals surface area contributed by atoms with Gasteiger partial charge in [-0.1, -0.05) is 23.8 Å². The molecular weight excluding hydrogens is 150 g/mol. The summed E-state index contributed by atoms with van der Waals surface area (Å²) in [5, 5.41) is 11.7. The van der Waals surface area contributed by atoms with Crippen molar-refractivity contribution in [3.05, 3.63) is 23.8 Å². The van der Waals surface area contributed by atoms with Crippen LogP contribution >= 0.6 is 0 Å². The molecule has 0 radical (unpaired) electrons. The van der Waals surface area contributed by atoms with Gasteiger partial charge in [-0.15, -0.1) is 0 Å². The molecule has 68 valence electrons. The zero-order valence-electron chi connectivity index (χ0n) is 7.42. The molecule has 0 saturated carbocycles.